The Kier molecular flexibility index (Phi) is 4.08. The van der Waals surface area contributed by atoms with E-state index >= 15 is 0 Å². The van der Waals surface area contributed by atoms with Crippen LogP contribution in [0.2, 0.25) is 0 Å². The van der Waals surface area contributed by atoms with Gasteiger partial charge in [-0.1, -0.05) is 6.92 Å². The number of hydrogen-bond acceptors (Lipinski definition) is 3. The number of rotatable bonds is 4. The quantitative estimate of drug-likeness (QED) is 0.830. The van der Waals surface area contributed by atoms with Gasteiger partial charge in [-0.05, 0) is 39.7 Å². The Bertz CT molecular complexity index is 249. The number of nitrogens with zero attached hydrogens (tertiary/aromatic N) is 1. The molecule has 80 valence electrons. The second-order valence-electron chi connectivity index (χ2n) is 4.91. The van der Waals surface area contributed by atoms with Gasteiger partial charge in [-0.2, -0.15) is 0 Å². The topological polar surface area (TPSA) is 24.9 Å². The Morgan fingerprint density at radius 3 is 2.71 bits per heavy atom. The molecule has 1 aromatic heterocycles. The lowest BCUT2D eigenvalue weighted by Gasteiger charge is -2.23. The molecule has 14 heavy (non-hydrogen) atoms. The number of thiazole rings is 1. The van der Waals surface area contributed by atoms with Crippen LogP contribution in [0.1, 0.15) is 32.6 Å². The second kappa shape index (κ2) is 4.89. The minimum absolute atomic E-state index is 0.224. The van der Waals surface area contributed by atoms with Crippen LogP contribution in [0, 0.1) is 5.92 Å². The van der Waals surface area contributed by atoms with Crippen molar-refractivity contribution in [2.45, 2.75) is 39.7 Å². The fourth-order valence-corrected chi connectivity index (χ4v) is 2.00. The molecule has 1 aromatic rings. The van der Waals surface area contributed by atoms with E-state index in [0.29, 0.717) is 5.92 Å². The molecule has 0 aliphatic heterocycles. The van der Waals surface area contributed by atoms with Crippen molar-refractivity contribution in [1.29, 1.82) is 0 Å². The highest BCUT2D eigenvalue weighted by molar-refractivity contribution is 7.09. The van der Waals surface area contributed by atoms with Gasteiger partial charge in [-0.15, -0.1) is 11.3 Å². The van der Waals surface area contributed by atoms with Gasteiger partial charge in [-0.3, -0.25) is 4.98 Å². The van der Waals surface area contributed by atoms with E-state index in [2.05, 4.69) is 38.0 Å². The van der Waals surface area contributed by atoms with E-state index in [9.17, 15) is 0 Å². The zero-order valence-corrected chi connectivity index (χ0v) is 10.3. The summed E-state index contributed by atoms with van der Waals surface area (Å²) in [6.45, 7) is 9.95. The molecule has 1 atom stereocenters. The third kappa shape index (κ3) is 4.72. The fraction of sp³-hybridized carbons (Fsp3) is 0.727. The van der Waals surface area contributed by atoms with Gasteiger partial charge >= 0.3 is 0 Å². The first-order valence-electron chi connectivity index (χ1n) is 5.10. The van der Waals surface area contributed by atoms with Crippen LogP contribution in [0.15, 0.2) is 11.7 Å². The first kappa shape index (κ1) is 11.7. The van der Waals surface area contributed by atoms with Crippen molar-refractivity contribution in [3.8, 4) is 0 Å². The minimum Gasteiger partial charge on any atom is -0.312 e. The molecular formula is C11H20N2S. The van der Waals surface area contributed by atoms with Crippen molar-refractivity contribution in [2.75, 3.05) is 6.54 Å². The van der Waals surface area contributed by atoms with Gasteiger partial charge in [0, 0.05) is 16.6 Å². The summed E-state index contributed by atoms with van der Waals surface area (Å²) in [7, 11) is 0. The maximum atomic E-state index is 4.08. The van der Waals surface area contributed by atoms with E-state index in [4.69, 9.17) is 0 Å². The standard InChI is InChI=1S/C11H20N2S/c1-9(6-13-11(2,3)4)5-10-7-12-8-14-10/h7-9,13H,5-6H2,1-4H3. The van der Waals surface area contributed by atoms with Crippen LogP contribution in [0.5, 0.6) is 0 Å². The van der Waals surface area contributed by atoms with Crippen molar-refractivity contribution in [3.05, 3.63) is 16.6 Å². The Hall–Kier alpha value is -0.410. The summed E-state index contributed by atoms with van der Waals surface area (Å²) in [5, 5.41) is 3.52. The number of hydrogen-bond donors (Lipinski definition) is 1. The third-order valence-electron chi connectivity index (χ3n) is 2.01. The normalized spacial score (nSPS) is 14.3. The van der Waals surface area contributed by atoms with Gasteiger partial charge in [0.25, 0.3) is 0 Å². The summed E-state index contributed by atoms with van der Waals surface area (Å²) in [4.78, 5) is 5.46. The summed E-state index contributed by atoms with van der Waals surface area (Å²) in [6, 6.07) is 0. The summed E-state index contributed by atoms with van der Waals surface area (Å²) in [5.41, 5.74) is 2.13. The smallest absolute Gasteiger partial charge is 0.0794 e. The first-order chi connectivity index (χ1) is 6.47. The average Bonchev–Trinajstić information content (AvgIpc) is 2.52. The summed E-state index contributed by atoms with van der Waals surface area (Å²) in [5.74, 6) is 0.676. The molecule has 0 aliphatic carbocycles. The van der Waals surface area contributed by atoms with Crippen molar-refractivity contribution in [1.82, 2.24) is 10.3 Å². The molecule has 2 nitrogen and oxygen atoms in total. The van der Waals surface area contributed by atoms with E-state index in [1.165, 1.54) is 4.88 Å². The molecule has 1 unspecified atom stereocenters. The molecule has 0 amide bonds. The Labute approximate surface area is 90.8 Å². The Morgan fingerprint density at radius 1 is 1.50 bits per heavy atom. The lowest BCUT2D eigenvalue weighted by Crippen LogP contribution is -2.38. The van der Waals surface area contributed by atoms with Gasteiger partial charge in [0.05, 0.1) is 5.51 Å². The van der Waals surface area contributed by atoms with Gasteiger partial charge in [0.2, 0.25) is 0 Å². The largest absolute Gasteiger partial charge is 0.312 e. The average molecular weight is 212 g/mol. The zero-order chi connectivity index (χ0) is 10.6. The van der Waals surface area contributed by atoms with E-state index < -0.39 is 0 Å². The third-order valence-corrected chi connectivity index (χ3v) is 2.82. The molecule has 0 saturated carbocycles. The molecule has 0 bridgehead atoms. The van der Waals surface area contributed by atoms with Crippen molar-refractivity contribution >= 4 is 11.3 Å². The van der Waals surface area contributed by atoms with E-state index in [1.54, 1.807) is 11.3 Å². The molecule has 1 N–H and O–H groups in total. The van der Waals surface area contributed by atoms with Crippen LogP contribution in [0.4, 0.5) is 0 Å². The van der Waals surface area contributed by atoms with Crippen LogP contribution < -0.4 is 5.32 Å². The molecule has 1 rings (SSSR count). The second-order valence-corrected chi connectivity index (χ2v) is 5.88. The highest BCUT2D eigenvalue weighted by Gasteiger charge is 2.11. The van der Waals surface area contributed by atoms with Crippen molar-refractivity contribution < 1.29 is 0 Å². The molecule has 3 heteroatoms. The number of nitrogens with one attached hydrogen (secondary N) is 1. The molecule has 0 aliphatic rings. The van der Waals surface area contributed by atoms with Gasteiger partial charge in [0.1, 0.15) is 0 Å². The fourth-order valence-electron chi connectivity index (χ4n) is 1.24. The van der Waals surface area contributed by atoms with Crippen LogP contribution >= 0.6 is 11.3 Å². The van der Waals surface area contributed by atoms with E-state index in [-0.39, 0.29) is 5.54 Å². The van der Waals surface area contributed by atoms with E-state index in [0.717, 1.165) is 13.0 Å². The molecule has 0 spiro atoms. The lowest BCUT2D eigenvalue weighted by molar-refractivity contribution is 0.382. The SMILES string of the molecule is CC(CNC(C)(C)C)Cc1cncs1. The lowest BCUT2D eigenvalue weighted by atomic mass is 10.0. The minimum atomic E-state index is 0.224. The summed E-state index contributed by atoms with van der Waals surface area (Å²) in [6.07, 6.45) is 3.10. The maximum absolute atomic E-state index is 4.08. The molecule has 0 saturated heterocycles. The van der Waals surface area contributed by atoms with Crippen LogP contribution in [0.3, 0.4) is 0 Å². The summed E-state index contributed by atoms with van der Waals surface area (Å²) >= 11 is 1.75. The van der Waals surface area contributed by atoms with Gasteiger partial charge in [-0.25, -0.2) is 0 Å². The van der Waals surface area contributed by atoms with Crippen LogP contribution in [-0.2, 0) is 6.42 Å². The predicted molar refractivity (Wildman–Crippen MR) is 62.7 cm³/mol. The van der Waals surface area contributed by atoms with Crippen LogP contribution in [0.25, 0.3) is 0 Å². The van der Waals surface area contributed by atoms with Gasteiger partial charge < -0.3 is 5.32 Å². The summed E-state index contributed by atoms with van der Waals surface area (Å²) < 4.78 is 0. The molecule has 0 aromatic carbocycles. The van der Waals surface area contributed by atoms with Crippen molar-refractivity contribution in [3.63, 3.8) is 0 Å². The van der Waals surface area contributed by atoms with Crippen LogP contribution in [-0.4, -0.2) is 17.1 Å². The molecular weight excluding hydrogens is 192 g/mol. The molecule has 0 radical (unpaired) electrons. The van der Waals surface area contributed by atoms with E-state index in [1.807, 2.05) is 11.7 Å². The highest BCUT2D eigenvalue weighted by Crippen LogP contribution is 2.12. The number of aromatic nitrogens is 1. The molecule has 1 heterocycles. The van der Waals surface area contributed by atoms with Crippen molar-refractivity contribution in [2.24, 2.45) is 5.92 Å². The monoisotopic (exact) mass is 212 g/mol. The Balaban J connectivity index is 2.26. The predicted octanol–water partition coefficient (Wildman–Crippen LogP) is 2.71. The first-order valence-corrected chi connectivity index (χ1v) is 5.98. The maximum Gasteiger partial charge on any atom is 0.0794 e. The zero-order valence-electron chi connectivity index (χ0n) is 9.50. The molecule has 0 fully saturated rings. The van der Waals surface area contributed by atoms with Gasteiger partial charge in [0.15, 0.2) is 0 Å². The highest BCUT2D eigenvalue weighted by atomic mass is 32.1. The Morgan fingerprint density at radius 2 is 2.21 bits per heavy atom.